The minimum atomic E-state index is -0.500. The second-order valence-corrected chi connectivity index (χ2v) is 6.16. The minimum Gasteiger partial charge on any atom is -0.444 e. The average Bonchev–Trinajstić information content (AvgIpc) is 2.36. The molecule has 0 atom stereocenters. The van der Waals surface area contributed by atoms with Crippen molar-refractivity contribution in [3.63, 3.8) is 0 Å². The SMILES string of the molecule is Cc1cccc(NC(N)=NCCN(C)C(=O)OC(C)(C)C)c1.I. The summed E-state index contributed by atoms with van der Waals surface area (Å²) in [4.78, 5) is 17.5. The number of carbonyl (C=O) groups excluding carboxylic acids is 1. The molecule has 6 nitrogen and oxygen atoms in total. The number of amides is 1. The maximum absolute atomic E-state index is 11.8. The summed E-state index contributed by atoms with van der Waals surface area (Å²) < 4.78 is 5.26. The summed E-state index contributed by atoms with van der Waals surface area (Å²) in [6, 6.07) is 7.85. The molecule has 0 heterocycles. The van der Waals surface area contributed by atoms with Gasteiger partial charge in [0.05, 0.1) is 6.54 Å². The minimum absolute atomic E-state index is 0. The predicted octanol–water partition coefficient (Wildman–Crippen LogP) is 3.21. The molecule has 0 aliphatic rings. The van der Waals surface area contributed by atoms with Gasteiger partial charge in [0.15, 0.2) is 5.96 Å². The number of hydrogen-bond donors (Lipinski definition) is 2. The number of ether oxygens (including phenoxy) is 1. The van der Waals surface area contributed by atoms with E-state index in [1.54, 1.807) is 7.05 Å². The van der Waals surface area contributed by atoms with Gasteiger partial charge in [0, 0.05) is 19.3 Å². The van der Waals surface area contributed by atoms with Gasteiger partial charge in [-0.2, -0.15) is 0 Å². The zero-order valence-corrected chi connectivity index (χ0v) is 16.8. The third kappa shape index (κ3) is 9.27. The third-order valence-electron chi connectivity index (χ3n) is 2.71. The number of carbonyl (C=O) groups is 1. The lowest BCUT2D eigenvalue weighted by Crippen LogP contribution is -2.36. The highest BCUT2D eigenvalue weighted by Gasteiger charge is 2.18. The molecule has 1 rings (SSSR count). The van der Waals surface area contributed by atoms with Crippen molar-refractivity contribution in [2.45, 2.75) is 33.3 Å². The largest absolute Gasteiger partial charge is 0.444 e. The Morgan fingerprint density at radius 3 is 2.61 bits per heavy atom. The summed E-state index contributed by atoms with van der Waals surface area (Å²) in [5.41, 5.74) is 7.36. The Morgan fingerprint density at radius 1 is 1.39 bits per heavy atom. The number of aryl methyl sites for hydroxylation is 1. The van der Waals surface area contributed by atoms with Crippen LogP contribution in [0.5, 0.6) is 0 Å². The number of halogens is 1. The molecule has 0 bridgehead atoms. The molecule has 1 amide bonds. The molecule has 130 valence electrons. The molecule has 0 unspecified atom stereocenters. The number of anilines is 1. The zero-order valence-electron chi connectivity index (χ0n) is 14.4. The summed E-state index contributed by atoms with van der Waals surface area (Å²) >= 11 is 0. The van der Waals surface area contributed by atoms with Crippen molar-refractivity contribution in [3.8, 4) is 0 Å². The quantitative estimate of drug-likeness (QED) is 0.434. The summed E-state index contributed by atoms with van der Waals surface area (Å²) in [5, 5.41) is 3.02. The van der Waals surface area contributed by atoms with Gasteiger partial charge in [0.2, 0.25) is 0 Å². The maximum atomic E-state index is 11.8. The first-order valence-corrected chi connectivity index (χ1v) is 7.25. The highest BCUT2D eigenvalue weighted by atomic mass is 127. The summed E-state index contributed by atoms with van der Waals surface area (Å²) in [6.07, 6.45) is -0.368. The Morgan fingerprint density at radius 2 is 2.04 bits per heavy atom. The molecule has 0 fully saturated rings. The fraction of sp³-hybridized carbons (Fsp3) is 0.500. The second-order valence-electron chi connectivity index (χ2n) is 6.16. The van der Waals surface area contributed by atoms with Crippen LogP contribution in [-0.4, -0.2) is 42.7 Å². The van der Waals surface area contributed by atoms with Crippen LogP contribution in [0.3, 0.4) is 0 Å². The van der Waals surface area contributed by atoms with Gasteiger partial charge >= 0.3 is 6.09 Å². The smallest absolute Gasteiger partial charge is 0.410 e. The number of benzene rings is 1. The van der Waals surface area contributed by atoms with Crippen LogP contribution in [0.4, 0.5) is 10.5 Å². The summed E-state index contributed by atoms with van der Waals surface area (Å²) in [6.45, 7) is 8.35. The molecule has 7 heteroatoms. The van der Waals surface area contributed by atoms with Crippen LogP contribution < -0.4 is 11.1 Å². The first kappa shape index (κ1) is 21.5. The van der Waals surface area contributed by atoms with E-state index in [0.717, 1.165) is 11.3 Å². The number of rotatable bonds is 4. The summed E-state index contributed by atoms with van der Waals surface area (Å²) in [7, 11) is 1.67. The standard InChI is InChI=1S/C16H26N4O2.HI/c1-12-7-6-8-13(11-12)19-14(17)18-9-10-20(5)15(21)22-16(2,3)4;/h6-8,11H,9-10H2,1-5H3,(H3,17,18,19);1H. The number of likely N-dealkylation sites (N-methyl/N-ethyl adjacent to an activating group) is 1. The van der Waals surface area contributed by atoms with Gasteiger partial charge in [-0.1, -0.05) is 12.1 Å². The van der Waals surface area contributed by atoms with Crippen molar-refractivity contribution in [2.75, 3.05) is 25.5 Å². The Hall–Kier alpha value is -1.51. The lowest BCUT2D eigenvalue weighted by atomic mass is 10.2. The fourth-order valence-electron chi connectivity index (χ4n) is 1.66. The van der Waals surface area contributed by atoms with Gasteiger partial charge in [0.25, 0.3) is 0 Å². The molecule has 0 aliphatic carbocycles. The van der Waals surface area contributed by atoms with E-state index in [-0.39, 0.29) is 30.1 Å². The highest BCUT2D eigenvalue weighted by molar-refractivity contribution is 14.0. The predicted molar refractivity (Wildman–Crippen MR) is 106 cm³/mol. The molecule has 1 aromatic carbocycles. The first-order chi connectivity index (χ1) is 10.2. The van der Waals surface area contributed by atoms with E-state index in [2.05, 4.69) is 10.3 Å². The number of aliphatic imine (C=N–C) groups is 1. The van der Waals surface area contributed by atoms with Crippen molar-refractivity contribution in [3.05, 3.63) is 29.8 Å². The van der Waals surface area contributed by atoms with Gasteiger partial charge in [-0.15, -0.1) is 24.0 Å². The van der Waals surface area contributed by atoms with Crippen molar-refractivity contribution in [1.29, 1.82) is 0 Å². The Labute approximate surface area is 155 Å². The van der Waals surface area contributed by atoms with Gasteiger partial charge in [-0.25, -0.2) is 4.79 Å². The van der Waals surface area contributed by atoms with E-state index in [1.165, 1.54) is 4.90 Å². The third-order valence-corrected chi connectivity index (χ3v) is 2.71. The normalized spacial score (nSPS) is 11.4. The van der Waals surface area contributed by atoms with Gasteiger partial charge in [-0.3, -0.25) is 4.99 Å². The van der Waals surface area contributed by atoms with Crippen LogP contribution in [0.2, 0.25) is 0 Å². The van der Waals surface area contributed by atoms with Gasteiger partial charge in [0.1, 0.15) is 5.60 Å². The van der Waals surface area contributed by atoms with E-state index in [4.69, 9.17) is 10.5 Å². The lowest BCUT2D eigenvalue weighted by molar-refractivity contribution is 0.0304. The van der Waals surface area contributed by atoms with Crippen LogP contribution in [0, 0.1) is 6.92 Å². The topological polar surface area (TPSA) is 80.0 Å². The van der Waals surface area contributed by atoms with E-state index >= 15 is 0 Å². The van der Waals surface area contributed by atoms with Crippen molar-refractivity contribution in [1.82, 2.24) is 4.90 Å². The van der Waals surface area contributed by atoms with Crippen LogP contribution in [-0.2, 0) is 4.74 Å². The molecule has 0 saturated carbocycles. The van der Waals surface area contributed by atoms with Gasteiger partial charge in [-0.05, 0) is 45.4 Å². The van der Waals surface area contributed by atoms with Crippen molar-refractivity contribution >= 4 is 41.7 Å². The molecule has 0 aliphatic heterocycles. The molecular weight excluding hydrogens is 407 g/mol. The number of nitrogens with zero attached hydrogens (tertiary/aromatic N) is 2. The first-order valence-electron chi connectivity index (χ1n) is 7.25. The molecule has 23 heavy (non-hydrogen) atoms. The summed E-state index contributed by atoms with van der Waals surface area (Å²) in [5.74, 6) is 0.322. The van der Waals surface area contributed by atoms with Crippen LogP contribution in [0.1, 0.15) is 26.3 Å². The van der Waals surface area contributed by atoms with Crippen LogP contribution in [0.15, 0.2) is 29.3 Å². The monoisotopic (exact) mass is 434 g/mol. The molecule has 0 saturated heterocycles. The second kappa shape index (κ2) is 9.59. The number of guanidine groups is 1. The number of nitrogens with one attached hydrogen (secondary N) is 1. The molecule has 0 spiro atoms. The zero-order chi connectivity index (χ0) is 16.8. The van der Waals surface area contributed by atoms with Crippen LogP contribution >= 0.6 is 24.0 Å². The Balaban J connectivity index is 0.00000484. The molecule has 1 aromatic rings. The average molecular weight is 434 g/mol. The highest BCUT2D eigenvalue weighted by Crippen LogP contribution is 2.09. The molecule has 0 radical (unpaired) electrons. The lowest BCUT2D eigenvalue weighted by Gasteiger charge is -2.24. The Kier molecular flexibility index (Phi) is 8.96. The number of hydrogen-bond acceptors (Lipinski definition) is 3. The van der Waals surface area contributed by atoms with E-state index < -0.39 is 5.60 Å². The number of nitrogens with two attached hydrogens (primary N) is 1. The van der Waals surface area contributed by atoms with Crippen LogP contribution in [0.25, 0.3) is 0 Å². The molecule has 3 N–H and O–H groups in total. The van der Waals surface area contributed by atoms with E-state index in [0.29, 0.717) is 19.0 Å². The van der Waals surface area contributed by atoms with Crippen molar-refractivity contribution in [2.24, 2.45) is 10.7 Å². The Bertz CT molecular complexity index is 541. The van der Waals surface area contributed by atoms with E-state index in [9.17, 15) is 4.79 Å². The van der Waals surface area contributed by atoms with Gasteiger partial charge < -0.3 is 20.7 Å². The molecular formula is C16H27IN4O2. The maximum Gasteiger partial charge on any atom is 0.410 e. The molecule has 0 aromatic heterocycles. The fourth-order valence-corrected chi connectivity index (χ4v) is 1.66. The van der Waals surface area contributed by atoms with E-state index in [1.807, 2.05) is 52.0 Å². The van der Waals surface area contributed by atoms with Crippen molar-refractivity contribution < 1.29 is 9.53 Å².